The molecule has 0 bridgehead atoms. The van der Waals surface area contributed by atoms with Crippen molar-refractivity contribution in [1.29, 1.82) is 0 Å². The van der Waals surface area contributed by atoms with Crippen molar-refractivity contribution >= 4 is 38.9 Å². The standard InChI is InChI=1S/C23H27N3O6S/c1-33(29,30)26(19-9-10-20-21(16-19)32-14-13-31-20)12-3-7-22(27)24-17-5-2-6-18(15-17)25-11-4-8-23(25)28/h2,5-6,9-10,15-16H,3-4,7-8,11-14H2,1H3,(H,24,27). The highest BCUT2D eigenvalue weighted by Crippen LogP contribution is 2.34. The molecule has 176 valence electrons. The zero-order valence-corrected chi connectivity index (χ0v) is 19.3. The van der Waals surface area contributed by atoms with Gasteiger partial charge in [0.2, 0.25) is 21.8 Å². The number of hydrogen-bond acceptors (Lipinski definition) is 6. The largest absolute Gasteiger partial charge is 0.486 e. The maximum Gasteiger partial charge on any atom is 0.232 e. The van der Waals surface area contributed by atoms with Crippen molar-refractivity contribution in [3.63, 3.8) is 0 Å². The van der Waals surface area contributed by atoms with Crippen LogP contribution in [0, 0.1) is 0 Å². The summed E-state index contributed by atoms with van der Waals surface area (Å²) in [6.07, 6.45) is 2.97. The highest BCUT2D eigenvalue weighted by molar-refractivity contribution is 7.92. The lowest BCUT2D eigenvalue weighted by Crippen LogP contribution is -2.31. The van der Waals surface area contributed by atoms with Crippen LogP contribution in [0.25, 0.3) is 0 Å². The molecule has 0 aromatic heterocycles. The number of ether oxygens (including phenoxy) is 2. The summed E-state index contributed by atoms with van der Waals surface area (Å²) in [4.78, 5) is 26.1. The van der Waals surface area contributed by atoms with E-state index in [1.165, 1.54) is 4.31 Å². The molecule has 2 amide bonds. The molecule has 9 nitrogen and oxygen atoms in total. The average Bonchev–Trinajstić information content (AvgIpc) is 3.21. The van der Waals surface area contributed by atoms with Crippen molar-refractivity contribution in [2.75, 3.05) is 47.1 Å². The van der Waals surface area contributed by atoms with Gasteiger partial charge in [-0.1, -0.05) is 6.07 Å². The third-order valence-electron chi connectivity index (χ3n) is 5.49. The summed E-state index contributed by atoms with van der Waals surface area (Å²) in [7, 11) is -3.55. The molecule has 1 fully saturated rings. The fourth-order valence-corrected chi connectivity index (χ4v) is 4.91. The molecule has 2 aromatic carbocycles. The number of fused-ring (bicyclic) bond motifs is 1. The molecule has 33 heavy (non-hydrogen) atoms. The molecule has 0 radical (unpaired) electrons. The molecule has 0 saturated carbocycles. The van der Waals surface area contributed by atoms with Gasteiger partial charge in [0.25, 0.3) is 0 Å². The van der Waals surface area contributed by atoms with E-state index in [0.717, 1.165) is 18.4 Å². The minimum atomic E-state index is -3.55. The Balaban J connectivity index is 1.36. The van der Waals surface area contributed by atoms with E-state index in [1.54, 1.807) is 41.3 Å². The molecule has 0 atom stereocenters. The number of amides is 2. The lowest BCUT2D eigenvalue weighted by atomic mass is 10.2. The quantitative estimate of drug-likeness (QED) is 0.632. The van der Waals surface area contributed by atoms with E-state index in [9.17, 15) is 18.0 Å². The Morgan fingerprint density at radius 2 is 1.91 bits per heavy atom. The number of nitrogens with zero attached hydrogens (tertiary/aromatic N) is 2. The molecule has 0 spiro atoms. The molecule has 2 aliphatic heterocycles. The number of benzene rings is 2. The van der Waals surface area contributed by atoms with Crippen LogP contribution in [0.15, 0.2) is 42.5 Å². The summed E-state index contributed by atoms with van der Waals surface area (Å²) in [6.45, 7) is 1.68. The van der Waals surface area contributed by atoms with Crippen molar-refractivity contribution in [1.82, 2.24) is 0 Å². The minimum Gasteiger partial charge on any atom is -0.486 e. The first-order valence-corrected chi connectivity index (χ1v) is 12.7. The van der Waals surface area contributed by atoms with Crippen LogP contribution in [0.2, 0.25) is 0 Å². The summed E-state index contributed by atoms with van der Waals surface area (Å²) in [5.41, 5.74) is 1.83. The third kappa shape index (κ3) is 5.57. The Labute approximate surface area is 193 Å². The molecule has 1 N–H and O–H groups in total. The van der Waals surface area contributed by atoms with Crippen LogP contribution < -0.4 is 24.0 Å². The van der Waals surface area contributed by atoms with Crippen molar-refractivity contribution in [3.05, 3.63) is 42.5 Å². The predicted molar refractivity (Wildman–Crippen MR) is 126 cm³/mol. The monoisotopic (exact) mass is 473 g/mol. The number of carbonyl (C=O) groups excluding carboxylic acids is 2. The van der Waals surface area contributed by atoms with Crippen LogP contribution in [0.4, 0.5) is 17.1 Å². The first-order chi connectivity index (χ1) is 15.8. The number of anilines is 3. The van der Waals surface area contributed by atoms with Gasteiger partial charge in [-0.25, -0.2) is 8.42 Å². The average molecular weight is 474 g/mol. The van der Waals surface area contributed by atoms with Gasteiger partial charge in [-0.3, -0.25) is 13.9 Å². The van der Waals surface area contributed by atoms with Crippen molar-refractivity contribution in [2.45, 2.75) is 25.7 Å². The van der Waals surface area contributed by atoms with Crippen LogP contribution >= 0.6 is 0 Å². The Kier molecular flexibility index (Phi) is 6.73. The van der Waals surface area contributed by atoms with E-state index < -0.39 is 10.0 Å². The smallest absolute Gasteiger partial charge is 0.232 e. The fourth-order valence-electron chi connectivity index (χ4n) is 3.95. The van der Waals surface area contributed by atoms with Gasteiger partial charge in [0, 0.05) is 43.4 Å². The van der Waals surface area contributed by atoms with Crippen molar-refractivity contribution in [3.8, 4) is 11.5 Å². The van der Waals surface area contributed by atoms with Crippen LogP contribution in [0.1, 0.15) is 25.7 Å². The number of rotatable bonds is 8. The van der Waals surface area contributed by atoms with Gasteiger partial charge in [0.05, 0.1) is 11.9 Å². The van der Waals surface area contributed by atoms with E-state index in [-0.39, 0.29) is 24.8 Å². The first kappa shape index (κ1) is 22.9. The summed E-state index contributed by atoms with van der Waals surface area (Å²) >= 11 is 0. The topological polar surface area (TPSA) is 105 Å². The van der Waals surface area contributed by atoms with Gasteiger partial charge < -0.3 is 19.7 Å². The SMILES string of the molecule is CS(=O)(=O)N(CCCC(=O)Nc1cccc(N2CCCC2=O)c1)c1ccc2c(c1)OCCO2. The lowest BCUT2D eigenvalue weighted by Gasteiger charge is -2.25. The molecule has 10 heteroatoms. The van der Waals surface area contributed by atoms with Gasteiger partial charge in [0.15, 0.2) is 11.5 Å². The molecule has 2 aromatic rings. The molecule has 2 aliphatic rings. The van der Waals surface area contributed by atoms with Crippen LogP contribution in [-0.2, 0) is 19.6 Å². The second-order valence-electron chi connectivity index (χ2n) is 8.01. The Bertz CT molecular complexity index is 1150. The van der Waals surface area contributed by atoms with Gasteiger partial charge in [-0.15, -0.1) is 0 Å². The highest BCUT2D eigenvalue weighted by Gasteiger charge is 2.23. The molecule has 4 rings (SSSR count). The molecule has 1 saturated heterocycles. The van der Waals surface area contributed by atoms with E-state index in [4.69, 9.17) is 9.47 Å². The van der Waals surface area contributed by atoms with Crippen LogP contribution in [0.3, 0.4) is 0 Å². The normalized spacial score (nSPS) is 15.4. The third-order valence-corrected chi connectivity index (χ3v) is 6.69. The summed E-state index contributed by atoms with van der Waals surface area (Å²) in [5, 5.41) is 2.83. The Morgan fingerprint density at radius 3 is 2.64 bits per heavy atom. The summed E-state index contributed by atoms with van der Waals surface area (Å²) in [5.74, 6) is 0.936. The predicted octanol–water partition coefficient (Wildman–Crippen LogP) is 2.77. The minimum absolute atomic E-state index is 0.0819. The van der Waals surface area contributed by atoms with E-state index in [0.29, 0.717) is 55.5 Å². The van der Waals surface area contributed by atoms with E-state index in [2.05, 4.69) is 5.32 Å². The fraction of sp³-hybridized carbons (Fsp3) is 0.391. The van der Waals surface area contributed by atoms with Gasteiger partial charge in [-0.05, 0) is 43.2 Å². The Morgan fingerprint density at radius 1 is 1.12 bits per heavy atom. The molecule has 2 heterocycles. The van der Waals surface area contributed by atoms with Crippen LogP contribution in [-0.4, -0.2) is 52.8 Å². The Hall–Kier alpha value is -3.27. The number of nitrogens with one attached hydrogen (secondary N) is 1. The van der Waals surface area contributed by atoms with Crippen molar-refractivity contribution in [2.24, 2.45) is 0 Å². The number of hydrogen-bond donors (Lipinski definition) is 1. The van der Waals surface area contributed by atoms with Crippen LogP contribution in [0.5, 0.6) is 11.5 Å². The number of carbonyl (C=O) groups is 2. The molecular formula is C23H27N3O6S. The second kappa shape index (κ2) is 9.70. The zero-order valence-electron chi connectivity index (χ0n) is 18.5. The van der Waals surface area contributed by atoms with Gasteiger partial charge in [0.1, 0.15) is 13.2 Å². The second-order valence-corrected chi connectivity index (χ2v) is 9.92. The first-order valence-electron chi connectivity index (χ1n) is 10.9. The van der Waals surface area contributed by atoms with Gasteiger partial charge >= 0.3 is 0 Å². The van der Waals surface area contributed by atoms with E-state index >= 15 is 0 Å². The summed E-state index contributed by atoms with van der Waals surface area (Å²) in [6, 6.07) is 12.2. The van der Waals surface area contributed by atoms with Crippen molar-refractivity contribution < 1.29 is 27.5 Å². The zero-order chi connectivity index (χ0) is 23.4. The highest BCUT2D eigenvalue weighted by atomic mass is 32.2. The maximum absolute atomic E-state index is 12.5. The maximum atomic E-state index is 12.5. The van der Waals surface area contributed by atoms with Gasteiger partial charge in [-0.2, -0.15) is 0 Å². The molecule has 0 aliphatic carbocycles. The molecule has 0 unspecified atom stereocenters. The summed E-state index contributed by atoms with van der Waals surface area (Å²) < 4.78 is 37.1. The van der Waals surface area contributed by atoms with E-state index in [1.807, 2.05) is 6.07 Å². The number of sulfonamides is 1. The molecular weight excluding hydrogens is 446 g/mol. The lowest BCUT2D eigenvalue weighted by molar-refractivity contribution is -0.117.